The van der Waals surface area contributed by atoms with E-state index in [9.17, 15) is 4.79 Å². The Morgan fingerprint density at radius 1 is 1.22 bits per heavy atom. The molecule has 7 nitrogen and oxygen atoms in total. The van der Waals surface area contributed by atoms with Crippen molar-refractivity contribution in [2.45, 2.75) is 6.92 Å². The molecule has 0 spiro atoms. The number of carbonyl (C=O) groups is 1. The fraction of sp³-hybridized carbons (Fsp3) is 0.125. The zero-order valence-electron chi connectivity index (χ0n) is 12.4. The summed E-state index contributed by atoms with van der Waals surface area (Å²) in [7, 11) is 0. The molecule has 0 aliphatic rings. The average Bonchev–Trinajstić information content (AvgIpc) is 3.08. The fourth-order valence-electron chi connectivity index (χ4n) is 1.90. The molecule has 0 aliphatic carbocycles. The average molecular weight is 310 g/mol. The van der Waals surface area contributed by atoms with Gasteiger partial charge in [0.25, 0.3) is 5.91 Å². The van der Waals surface area contributed by atoms with Crippen molar-refractivity contribution < 1.29 is 14.1 Å². The Kier molecular flexibility index (Phi) is 4.28. The van der Waals surface area contributed by atoms with Crippen molar-refractivity contribution in [3.05, 3.63) is 54.5 Å². The smallest absolute Gasteiger partial charge is 0.316 e. The third-order valence-corrected chi connectivity index (χ3v) is 2.96. The van der Waals surface area contributed by atoms with Crippen molar-refractivity contribution in [3.63, 3.8) is 0 Å². The van der Waals surface area contributed by atoms with Gasteiger partial charge in [0.1, 0.15) is 0 Å². The molecule has 1 aromatic carbocycles. The molecule has 0 atom stereocenters. The van der Waals surface area contributed by atoms with Gasteiger partial charge in [0, 0.05) is 11.6 Å². The van der Waals surface area contributed by atoms with Gasteiger partial charge in [-0.2, -0.15) is 0 Å². The summed E-state index contributed by atoms with van der Waals surface area (Å²) < 4.78 is 10.3. The number of amides is 1. The molecule has 1 N–H and O–H groups in total. The predicted octanol–water partition coefficient (Wildman–Crippen LogP) is 2.78. The first-order chi connectivity index (χ1) is 11.3. The second kappa shape index (κ2) is 6.69. The number of hydrogen-bond donors (Lipinski definition) is 1. The van der Waals surface area contributed by atoms with Crippen LogP contribution >= 0.6 is 0 Å². The molecular weight excluding hydrogens is 296 g/mol. The van der Waals surface area contributed by atoms with Crippen LogP contribution in [0.3, 0.4) is 0 Å². The third kappa shape index (κ3) is 3.52. The molecule has 0 radical (unpaired) electrons. The van der Waals surface area contributed by atoms with Crippen LogP contribution in [-0.4, -0.2) is 27.6 Å². The van der Waals surface area contributed by atoms with Crippen LogP contribution in [0.1, 0.15) is 17.4 Å². The Bertz CT molecular complexity index is 785. The minimum absolute atomic E-state index is 0.178. The highest BCUT2D eigenvalue weighted by atomic mass is 16.5. The quantitative estimate of drug-likeness (QED) is 0.779. The fourth-order valence-corrected chi connectivity index (χ4v) is 1.90. The maximum Gasteiger partial charge on any atom is 0.316 e. The molecule has 0 unspecified atom stereocenters. The van der Waals surface area contributed by atoms with Gasteiger partial charge in [0.05, 0.1) is 24.7 Å². The normalized spacial score (nSPS) is 10.3. The molecule has 23 heavy (non-hydrogen) atoms. The second-order valence-corrected chi connectivity index (χ2v) is 4.58. The number of rotatable bonds is 5. The summed E-state index contributed by atoms with van der Waals surface area (Å²) >= 11 is 0. The molecule has 0 saturated heterocycles. The van der Waals surface area contributed by atoms with E-state index < -0.39 is 5.91 Å². The van der Waals surface area contributed by atoms with Gasteiger partial charge in [-0.3, -0.25) is 4.79 Å². The number of aromatic nitrogens is 3. The van der Waals surface area contributed by atoms with E-state index in [2.05, 4.69) is 20.4 Å². The van der Waals surface area contributed by atoms with Crippen LogP contribution in [-0.2, 0) is 0 Å². The van der Waals surface area contributed by atoms with Crippen LogP contribution < -0.4 is 10.1 Å². The minimum atomic E-state index is -0.399. The number of nitrogens with one attached hydrogen (secondary N) is 1. The third-order valence-electron chi connectivity index (χ3n) is 2.96. The van der Waals surface area contributed by atoms with E-state index in [4.69, 9.17) is 9.26 Å². The topological polar surface area (TPSA) is 90.1 Å². The Labute approximate surface area is 132 Å². The Hall–Kier alpha value is -3.22. The van der Waals surface area contributed by atoms with E-state index in [0.717, 1.165) is 5.56 Å². The molecule has 0 aliphatic heterocycles. The van der Waals surface area contributed by atoms with Gasteiger partial charge in [-0.25, -0.2) is 9.97 Å². The molecule has 2 aromatic heterocycles. The van der Waals surface area contributed by atoms with Gasteiger partial charge >= 0.3 is 6.01 Å². The second-order valence-electron chi connectivity index (χ2n) is 4.58. The summed E-state index contributed by atoms with van der Waals surface area (Å²) in [6, 6.07) is 11.3. The standard InChI is InChI=1S/C16H14N4O3/c1-2-22-16-17-9-12(10-18-16)19-15(21)13-8-14(23-20-13)11-6-4-3-5-7-11/h3-10H,2H2,1H3,(H,19,21). The molecule has 0 bridgehead atoms. The summed E-state index contributed by atoms with van der Waals surface area (Å²) in [6.45, 7) is 2.32. The van der Waals surface area contributed by atoms with Crippen LogP contribution in [0.4, 0.5) is 5.69 Å². The Balaban J connectivity index is 1.70. The van der Waals surface area contributed by atoms with Crippen molar-refractivity contribution in [1.82, 2.24) is 15.1 Å². The predicted molar refractivity (Wildman–Crippen MR) is 83.1 cm³/mol. The Morgan fingerprint density at radius 2 is 1.96 bits per heavy atom. The van der Waals surface area contributed by atoms with Gasteiger partial charge in [-0.15, -0.1) is 0 Å². The monoisotopic (exact) mass is 310 g/mol. The summed E-state index contributed by atoms with van der Waals surface area (Å²) in [6.07, 6.45) is 2.93. The maximum absolute atomic E-state index is 12.1. The van der Waals surface area contributed by atoms with Crippen molar-refractivity contribution in [2.75, 3.05) is 11.9 Å². The van der Waals surface area contributed by atoms with Gasteiger partial charge in [0.2, 0.25) is 0 Å². The van der Waals surface area contributed by atoms with Crippen molar-refractivity contribution >= 4 is 11.6 Å². The number of hydrogen-bond acceptors (Lipinski definition) is 6. The van der Waals surface area contributed by atoms with Crippen LogP contribution in [0.25, 0.3) is 11.3 Å². The van der Waals surface area contributed by atoms with E-state index >= 15 is 0 Å². The summed E-state index contributed by atoms with van der Waals surface area (Å²) in [4.78, 5) is 20.1. The molecule has 2 heterocycles. The molecule has 3 rings (SSSR count). The zero-order valence-corrected chi connectivity index (χ0v) is 12.4. The van der Waals surface area contributed by atoms with E-state index in [-0.39, 0.29) is 11.7 Å². The van der Waals surface area contributed by atoms with Crippen LogP contribution in [0.2, 0.25) is 0 Å². The number of benzene rings is 1. The first kappa shape index (κ1) is 14.7. The van der Waals surface area contributed by atoms with E-state index in [0.29, 0.717) is 18.1 Å². The number of anilines is 1. The highest BCUT2D eigenvalue weighted by Gasteiger charge is 2.14. The van der Waals surface area contributed by atoms with Gasteiger partial charge in [-0.05, 0) is 6.92 Å². The first-order valence-electron chi connectivity index (χ1n) is 7.04. The number of nitrogens with zero attached hydrogens (tertiary/aromatic N) is 3. The van der Waals surface area contributed by atoms with E-state index in [1.54, 1.807) is 6.07 Å². The maximum atomic E-state index is 12.1. The van der Waals surface area contributed by atoms with Gasteiger partial charge in [0.15, 0.2) is 11.5 Å². The lowest BCUT2D eigenvalue weighted by Crippen LogP contribution is -2.12. The summed E-state index contributed by atoms with van der Waals surface area (Å²) in [5, 5.41) is 6.43. The SMILES string of the molecule is CCOc1ncc(NC(=O)c2cc(-c3ccccc3)on2)cn1. The molecule has 7 heteroatoms. The van der Waals surface area contributed by atoms with Crippen molar-refractivity contribution in [2.24, 2.45) is 0 Å². The van der Waals surface area contributed by atoms with Crippen LogP contribution in [0, 0.1) is 0 Å². The lowest BCUT2D eigenvalue weighted by molar-refractivity contribution is 0.101. The highest BCUT2D eigenvalue weighted by molar-refractivity contribution is 6.03. The Morgan fingerprint density at radius 3 is 2.65 bits per heavy atom. The largest absolute Gasteiger partial charge is 0.464 e. The zero-order chi connectivity index (χ0) is 16.1. The molecular formula is C16H14N4O3. The minimum Gasteiger partial charge on any atom is -0.464 e. The van der Waals surface area contributed by atoms with Crippen molar-refractivity contribution in [1.29, 1.82) is 0 Å². The van der Waals surface area contributed by atoms with Crippen LogP contribution in [0.15, 0.2) is 53.3 Å². The number of ether oxygens (including phenoxy) is 1. The highest BCUT2D eigenvalue weighted by Crippen LogP contribution is 2.20. The van der Waals surface area contributed by atoms with E-state index in [1.165, 1.54) is 12.4 Å². The van der Waals surface area contributed by atoms with Gasteiger partial charge in [-0.1, -0.05) is 35.5 Å². The molecule has 0 saturated carbocycles. The summed E-state index contributed by atoms with van der Waals surface area (Å²) in [5.41, 5.74) is 1.48. The number of carbonyl (C=O) groups excluding carboxylic acids is 1. The first-order valence-corrected chi connectivity index (χ1v) is 7.04. The summed E-state index contributed by atoms with van der Waals surface area (Å²) in [5.74, 6) is 0.127. The molecule has 3 aromatic rings. The van der Waals surface area contributed by atoms with Crippen LogP contribution in [0.5, 0.6) is 6.01 Å². The molecule has 1 amide bonds. The van der Waals surface area contributed by atoms with E-state index in [1.807, 2.05) is 37.3 Å². The lowest BCUT2D eigenvalue weighted by atomic mass is 10.1. The van der Waals surface area contributed by atoms with Crippen molar-refractivity contribution in [3.8, 4) is 17.3 Å². The van der Waals surface area contributed by atoms with Gasteiger partial charge < -0.3 is 14.6 Å². The molecule has 0 fully saturated rings. The lowest BCUT2D eigenvalue weighted by Gasteiger charge is -2.03. The molecule has 116 valence electrons.